The van der Waals surface area contributed by atoms with Crippen molar-refractivity contribution in [3.05, 3.63) is 0 Å². The van der Waals surface area contributed by atoms with Crippen LogP contribution >= 0.6 is 0 Å². The van der Waals surface area contributed by atoms with Crippen LogP contribution in [-0.2, 0) is 0 Å². The molecule has 16 heavy (non-hydrogen) atoms. The van der Waals surface area contributed by atoms with Gasteiger partial charge in [0.2, 0.25) is 0 Å². The van der Waals surface area contributed by atoms with Crippen LogP contribution in [0.1, 0.15) is 60.8 Å². The van der Waals surface area contributed by atoms with Gasteiger partial charge in [-0.3, -0.25) is 4.90 Å². The fourth-order valence-electron chi connectivity index (χ4n) is 3.39. The summed E-state index contributed by atoms with van der Waals surface area (Å²) in [7, 11) is 0. The smallest absolute Gasteiger partial charge is 0.0173 e. The first kappa shape index (κ1) is 14.0. The van der Waals surface area contributed by atoms with Gasteiger partial charge in [-0.25, -0.2) is 0 Å². The van der Waals surface area contributed by atoms with Crippen LogP contribution in [0.5, 0.6) is 0 Å². The second kappa shape index (κ2) is 4.66. The van der Waals surface area contributed by atoms with Gasteiger partial charge < -0.3 is 5.73 Å². The van der Waals surface area contributed by atoms with Crippen LogP contribution in [0.4, 0.5) is 0 Å². The lowest BCUT2D eigenvalue weighted by molar-refractivity contribution is -0.0371. The lowest BCUT2D eigenvalue weighted by Gasteiger charge is -2.55. The van der Waals surface area contributed by atoms with Crippen LogP contribution in [0.2, 0.25) is 0 Å². The van der Waals surface area contributed by atoms with Gasteiger partial charge in [0.05, 0.1) is 0 Å². The van der Waals surface area contributed by atoms with E-state index >= 15 is 0 Å². The summed E-state index contributed by atoms with van der Waals surface area (Å²) in [5.74, 6) is 0.780. The Hall–Kier alpha value is -0.0800. The van der Waals surface area contributed by atoms with E-state index in [1.807, 2.05) is 0 Å². The lowest BCUT2D eigenvalue weighted by atomic mass is 9.77. The summed E-state index contributed by atoms with van der Waals surface area (Å²) >= 11 is 0. The topological polar surface area (TPSA) is 29.3 Å². The minimum absolute atomic E-state index is 0.246. The quantitative estimate of drug-likeness (QED) is 0.801. The highest BCUT2D eigenvalue weighted by molar-refractivity contribution is 5.01. The number of piperidine rings is 1. The number of nitrogens with two attached hydrogens (primary N) is 1. The molecule has 1 rings (SSSR count). The van der Waals surface area contributed by atoms with Gasteiger partial charge >= 0.3 is 0 Å². The fourth-order valence-corrected chi connectivity index (χ4v) is 3.39. The molecule has 2 nitrogen and oxygen atoms in total. The molecule has 0 radical (unpaired) electrons. The Kier molecular flexibility index (Phi) is 4.07. The predicted molar refractivity (Wildman–Crippen MR) is 71.5 cm³/mol. The Morgan fingerprint density at radius 1 is 1.12 bits per heavy atom. The largest absolute Gasteiger partial charge is 0.328 e. The molecule has 1 heterocycles. The van der Waals surface area contributed by atoms with E-state index in [4.69, 9.17) is 5.73 Å². The van der Waals surface area contributed by atoms with Crippen molar-refractivity contribution in [2.45, 2.75) is 77.9 Å². The average molecular weight is 226 g/mol. The molecule has 2 N–H and O–H groups in total. The number of nitrogens with zero attached hydrogens (tertiary/aromatic N) is 1. The summed E-state index contributed by atoms with van der Waals surface area (Å²) in [6, 6.07) is 0.361. The number of hydrogen-bond donors (Lipinski definition) is 1. The van der Waals surface area contributed by atoms with Gasteiger partial charge in [-0.1, -0.05) is 13.8 Å². The van der Waals surface area contributed by atoms with Crippen LogP contribution in [0.25, 0.3) is 0 Å². The van der Waals surface area contributed by atoms with E-state index in [9.17, 15) is 0 Å². The van der Waals surface area contributed by atoms with Crippen molar-refractivity contribution in [2.24, 2.45) is 11.7 Å². The Bertz CT molecular complexity index is 213. The maximum absolute atomic E-state index is 6.18. The second-order valence-corrected chi connectivity index (χ2v) is 7.13. The summed E-state index contributed by atoms with van der Waals surface area (Å²) in [6.07, 6.45) is 3.52. The van der Waals surface area contributed by atoms with Gasteiger partial charge in [-0.05, 0) is 59.4 Å². The minimum atomic E-state index is 0.246. The molecular formula is C14H30N2. The Balaban J connectivity index is 2.76. The molecule has 0 spiro atoms. The van der Waals surface area contributed by atoms with Gasteiger partial charge in [0.25, 0.3) is 0 Å². The molecule has 1 fully saturated rings. The van der Waals surface area contributed by atoms with E-state index < -0.39 is 0 Å². The Morgan fingerprint density at radius 3 is 1.94 bits per heavy atom. The molecule has 0 unspecified atom stereocenters. The van der Waals surface area contributed by atoms with Crippen molar-refractivity contribution in [3.63, 3.8) is 0 Å². The van der Waals surface area contributed by atoms with Crippen LogP contribution in [0.3, 0.4) is 0 Å². The first-order valence-electron chi connectivity index (χ1n) is 6.68. The van der Waals surface area contributed by atoms with Gasteiger partial charge in [-0.2, -0.15) is 0 Å². The first-order valence-corrected chi connectivity index (χ1v) is 6.68. The molecule has 0 saturated carbocycles. The molecule has 0 atom stereocenters. The summed E-state index contributed by atoms with van der Waals surface area (Å²) < 4.78 is 0. The van der Waals surface area contributed by atoms with E-state index in [1.54, 1.807) is 0 Å². The van der Waals surface area contributed by atoms with E-state index in [2.05, 4.69) is 46.4 Å². The molecule has 0 amide bonds. The molecule has 0 aliphatic carbocycles. The zero-order chi connectivity index (χ0) is 12.6. The predicted octanol–water partition coefficient (Wildman–Crippen LogP) is 3.01. The van der Waals surface area contributed by atoms with Crippen molar-refractivity contribution in [3.8, 4) is 0 Å². The van der Waals surface area contributed by atoms with Crippen molar-refractivity contribution in [2.75, 3.05) is 6.54 Å². The van der Waals surface area contributed by atoms with Crippen LogP contribution in [0, 0.1) is 5.92 Å². The summed E-state index contributed by atoms with van der Waals surface area (Å²) in [5.41, 5.74) is 6.67. The third kappa shape index (κ3) is 3.21. The third-order valence-electron chi connectivity index (χ3n) is 3.91. The third-order valence-corrected chi connectivity index (χ3v) is 3.91. The maximum atomic E-state index is 6.18. The van der Waals surface area contributed by atoms with Crippen molar-refractivity contribution in [1.82, 2.24) is 4.90 Å². The zero-order valence-electron chi connectivity index (χ0n) is 12.0. The maximum Gasteiger partial charge on any atom is 0.0173 e. The molecule has 0 bridgehead atoms. The molecular weight excluding hydrogens is 196 g/mol. The molecule has 2 heteroatoms. The van der Waals surface area contributed by atoms with Gasteiger partial charge in [0.15, 0.2) is 0 Å². The highest BCUT2D eigenvalue weighted by Crippen LogP contribution is 2.37. The highest BCUT2D eigenvalue weighted by atomic mass is 15.3. The fraction of sp³-hybridized carbons (Fsp3) is 1.00. The van der Waals surface area contributed by atoms with Crippen molar-refractivity contribution in [1.29, 1.82) is 0 Å². The van der Waals surface area contributed by atoms with E-state index in [1.165, 1.54) is 13.0 Å². The van der Waals surface area contributed by atoms with Crippen molar-refractivity contribution < 1.29 is 0 Å². The minimum Gasteiger partial charge on any atom is -0.328 e. The van der Waals surface area contributed by atoms with Gasteiger partial charge in [0.1, 0.15) is 0 Å². The highest BCUT2D eigenvalue weighted by Gasteiger charge is 2.43. The van der Waals surface area contributed by atoms with Crippen LogP contribution in [-0.4, -0.2) is 28.6 Å². The number of likely N-dealkylation sites (tertiary alicyclic amines) is 1. The number of hydrogen-bond acceptors (Lipinski definition) is 2. The molecule has 0 aromatic heterocycles. The molecule has 0 aromatic rings. The lowest BCUT2D eigenvalue weighted by Crippen LogP contribution is -2.63. The SMILES string of the molecule is CC(C)CCN1C(C)(C)CC(N)CC1(C)C. The Morgan fingerprint density at radius 2 is 1.56 bits per heavy atom. The molecule has 1 aliphatic heterocycles. The van der Waals surface area contributed by atoms with Gasteiger partial charge in [0, 0.05) is 17.1 Å². The average Bonchev–Trinajstić information content (AvgIpc) is 1.96. The second-order valence-electron chi connectivity index (χ2n) is 7.13. The zero-order valence-corrected chi connectivity index (χ0v) is 12.0. The first-order chi connectivity index (χ1) is 7.15. The summed E-state index contributed by atoms with van der Waals surface area (Å²) in [6.45, 7) is 15.2. The summed E-state index contributed by atoms with van der Waals surface area (Å²) in [5, 5.41) is 0. The summed E-state index contributed by atoms with van der Waals surface area (Å²) in [4.78, 5) is 2.67. The van der Waals surface area contributed by atoms with Crippen LogP contribution in [0.15, 0.2) is 0 Å². The molecule has 0 aromatic carbocycles. The van der Waals surface area contributed by atoms with E-state index in [0.29, 0.717) is 6.04 Å². The van der Waals surface area contributed by atoms with Gasteiger partial charge in [-0.15, -0.1) is 0 Å². The standard InChI is InChI=1S/C14H30N2/c1-11(2)7-8-16-13(3,4)9-12(15)10-14(16,5)6/h11-12H,7-10,15H2,1-6H3. The van der Waals surface area contributed by atoms with E-state index in [-0.39, 0.29) is 11.1 Å². The Labute approximate surface area is 102 Å². The molecule has 1 aliphatic rings. The normalized spacial score (nSPS) is 26.2. The monoisotopic (exact) mass is 226 g/mol. The number of rotatable bonds is 3. The van der Waals surface area contributed by atoms with E-state index in [0.717, 1.165) is 18.8 Å². The van der Waals surface area contributed by atoms with Crippen LogP contribution < -0.4 is 5.73 Å². The van der Waals surface area contributed by atoms with Crippen molar-refractivity contribution >= 4 is 0 Å². The molecule has 1 saturated heterocycles. The molecule has 96 valence electrons.